The third kappa shape index (κ3) is 3.85. The van der Waals surface area contributed by atoms with E-state index in [1.807, 2.05) is 23.2 Å². The second-order valence-corrected chi connectivity index (χ2v) is 8.11. The van der Waals surface area contributed by atoms with E-state index in [-0.39, 0.29) is 5.91 Å². The predicted octanol–water partition coefficient (Wildman–Crippen LogP) is 4.95. The summed E-state index contributed by atoms with van der Waals surface area (Å²) in [6.07, 6.45) is 5.76. The van der Waals surface area contributed by atoms with Crippen LogP contribution in [0, 0.1) is 5.92 Å². The van der Waals surface area contributed by atoms with E-state index in [0.29, 0.717) is 12.3 Å². The van der Waals surface area contributed by atoms with Crippen molar-refractivity contribution in [2.75, 3.05) is 13.1 Å². The minimum atomic E-state index is 0.240. The summed E-state index contributed by atoms with van der Waals surface area (Å²) in [5, 5.41) is 1.13. The monoisotopic (exact) mass is 410 g/mol. The van der Waals surface area contributed by atoms with Gasteiger partial charge in [-0.1, -0.05) is 46.3 Å². The Morgan fingerprint density at radius 2 is 1.88 bits per heavy atom. The first-order chi connectivity index (χ1) is 12.7. The maximum atomic E-state index is 12.8. The Morgan fingerprint density at radius 3 is 2.65 bits per heavy atom. The third-order valence-corrected chi connectivity index (χ3v) is 5.90. The molecule has 0 spiro atoms. The first-order valence-electron chi connectivity index (χ1n) is 9.26. The Morgan fingerprint density at radius 1 is 1.12 bits per heavy atom. The number of carbonyl (C=O) groups is 1. The predicted molar refractivity (Wildman–Crippen MR) is 109 cm³/mol. The van der Waals surface area contributed by atoms with Crippen LogP contribution in [-0.2, 0) is 17.6 Å². The normalized spacial score (nSPS) is 15.5. The molecule has 0 radical (unpaired) electrons. The first-order valence-corrected chi connectivity index (χ1v) is 10.1. The Labute approximate surface area is 162 Å². The van der Waals surface area contributed by atoms with Crippen LogP contribution in [0.25, 0.3) is 10.9 Å². The molecule has 2 aromatic carbocycles. The van der Waals surface area contributed by atoms with Crippen molar-refractivity contribution in [3.63, 3.8) is 0 Å². The maximum Gasteiger partial charge on any atom is 0.227 e. The van der Waals surface area contributed by atoms with Crippen LogP contribution in [0.3, 0.4) is 0 Å². The van der Waals surface area contributed by atoms with E-state index in [0.717, 1.165) is 53.3 Å². The van der Waals surface area contributed by atoms with E-state index in [2.05, 4.69) is 57.3 Å². The molecule has 0 unspecified atom stereocenters. The van der Waals surface area contributed by atoms with Gasteiger partial charge in [-0.2, -0.15) is 0 Å². The van der Waals surface area contributed by atoms with Crippen molar-refractivity contribution >= 4 is 32.7 Å². The molecule has 0 saturated carbocycles. The highest BCUT2D eigenvalue weighted by Crippen LogP contribution is 2.25. The van der Waals surface area contributed by atoms with Crippen LogP contribution < -0.4 is 0 Å². The van der Waals surface area contributed by atoms with Gasteiger partial charge in [0.05, 0.1) is 6.42 Å². The summed E-state index contributed by atoms with van der Waals surface area (Å²) in [7, 11) is 0. The summed E-state index contributed by atoms with van der Waals surface area (Å²) in [4.78, 5) is 18.1. The molecular formula is C22H23BrN2O. The number of aromatic nitrogens is 1. The van der Waals surface area contributed by atoms with E-state index in [1.54, 1.807) is 0 Å². The van der Waals surface area contributed by atoms with Gasteiger partial charge in [0, 0.05) is 34.7 Å². The number of hydrogen-bond acceptors (Lipinski definition) is 1. The number of halogens is 1. The number of carbonyl (C=O) groups excluding carboxylic acids is 1. The molecule has 4 rings (SSSR count). The number of nitrogens with zero attached hydrogens (tertiary/aromatic N) is 1. The van der Waals surface area contributed by atoms with Gasteiger partial charge in [-0.3, -0.25) is 4.79 Å². The van der Waals surface area contributed by atoms with Crippen molar-refractivity contribution in [1.29, 1.82) is 0 Å². The van der Waals surface area contributed by atoms with Gasteiger partial charge in [-0.25, -0.2) is 0 Å². The lowest BCUT2D eigenvalue weighted by molar-refractivity contribution is -0.131. The zero-order chi connectivity index (χ0) is 17.9. The second-order valence-electron chi connectivity index (χ2n) is 7.19. The summed E-state index contributed by atoms with van der Waals surface area (Å²) in [5.74, 6) is 0.925. The minimum absolute atomic E-state index is 0.240. The van der Waals surface area contributed by atoms with Gasteiger partial charge in [-0.15, -0.1) is 0 Å². The molecule has 3 nitrogen and oxygen atoms in total. The molecule has 1 fully saturated rings. The number of aromatic amines is 1. The number of likely N-dealkylation sites (tertiary alicyclic amines) is 1. The number of benzene rings is 2. The standard InChI is InChI=1S/C22H23BrN2O/c23-19-6-7-21-20(14-19)18(15-24-21)13-22(26)25-10-8-17(9-11-25)12-16-4-2-1-3-5-16/h1-7,14-15,17,24H,8-13H2. The highest BCUT2D eigenvalue weighted by atomic mass is 79.9. The van der Waals surface area contributed by atoms with Gasteiger partial charge >= 0.3 is 0 Å². The van der Waals surface area contributed by atoms with Crippen LogP contribution in [0.5, 0.6) is 0 Å². The van der Waals surface area contributed by atoms with E-state index in [4.69, 9.17) is 0 Å². The van der Waals surface area contributed by atoms with Gasteiger partial charge in [0.25, 0.3) is 0 Å². The van der Waals surface area contributed by atoms with Crippen molar-refractivity contribution in [1.82, 2.24) is 9.88 Å². The van der Waals surface area contributed by atoms with Crippen molar-refractivity contribution in [2.24, 2.45) is 5.92 Å². The lowest BCUT2D eigenvalue weighted by Gasteiger charge is -2.32. The van der Waals surface area contributed by atoms with Crippen molar-refractivity contribution in [2.45, 2.75) is 25.7 Å². The summed E-state index contributed by atoms with van der Waals surface area (Å²) in [6.45, 7) is 1.75. The van der Waals surface area contributed by atoms with Crippen LogP contribution in [-0.4, -0.2) is 28.9 Å². The molecule has 1 amide bonds. The van der Waals surface area contributed by atoms with Crippen LogP contribution in [0.2, 0.25) is 0 Å². The fourth-order valence-corrected chi connectivity index (χ4v) is 4.27. The van der Waals surface area contributed by atoms with Crippen LogP contribution >= 0.6 is 15.9 Å². The molecule has 2 heterocycles. The topological polar surface area (TPSA) is 36.1 Å². The molecule has 1 saturated heterocycles. The average molecular weight is 411 g/mol. The largest absolute Gasteiger partial charge is 0.361 e. The SMILES string of the molecule is O=C(Cc1c[nH]c2ccc(Br)cc12)N1CCC(Cc2ccccc2)CC1. The van der Waals surface area contributed by atoms with Crippen molar-refractivity contribution < 1.29 is 4.79 Å². The zero-order valence-corrected chi connectivity index (χ0v) is 16.3. The molecule has 0 aliphatic carbocycles. The Bertz CT molecular complexity index is 895. The molecule has 1 aliphatic heterocycles. The molecule has 3 aromatic rings. The van der Waals surface area contributed by atoms with Crippen LogP contribution in [0.15, 0.2) is 59.2 Å². The molecule has 4 heteroatoms. The Hall–Kier alpha value is -2.07. The third-order valence-electron chi connectivity index (χ3n) is 5.41. The quantitative estimate of drug-likeness (QED) is 0.648. The fourth-order valence-electron chi connectivity index (χ4n) is 3.91. The van der Waals surface area contributed by atoms with Crippen molar-refractivity contribution in [3.8, 4) is 0 Å². The van der Waals surface area contributed by atoms with Gasteiger partial charge in [0.1, 0.15) is 0 Å². The van der Waals surface area contributed by atoms with E-state index >= 15 is 0 Å². The molecule has 1 N–H and O–H groups in total. The van der Waals surface area contributed by atoms with E-state index < -0.39 is 0 Å². The number of hydrogen-bond donors (Lipinski definition) is 1. The minimum Gasteiger partial charge on any atom is -0.361 e. The number of piperidine rings is 1. The fraction of sp³-hybridized carbons (Fsp3) is 0.318. The lowest BCUT2D eigenvalue weighted by atomic mass is 9.90. The highest BCUT2D eigenvalue weighted by Gasteiger charge is 2.23. The smallest absolute Gasteiger partial charge is 0.227 e. The first kappa shape index (κ1) is 17.3. The number of rotatable bonds is 4. The van der Waals surface area contributed by atoms with Crippen LogP contribution in [0.1, 0.15) is 24.0 Å². The molecule has 1 aromatic heterocycles. The van der Waals surface area contributed by atoms with Crippen molar-refractivity contribution in [3.05, 3.63) is 70.3 Å². The molecule has 0 atom stereocenters. The van der Waals surface area contributed by atoms with Crippen LogP contribution in [0.4, 0.5) is 0 Å². The van der Waals surface area contributed by atoms with Gasteiger partial charge in [-0.05, 0) is 54.5 Å². The Kier molecular flexibility index (Phi) is 5.11. The highest BCUT2D eigenvalue weighted by molar-refractivity contribution is 9.10. The molecular weight excluding hydrogens is 388 g/mol. The summed E-state index contributed by atoms with van der Waals surface area (Å²) < 4.78 is 1.04. The lowest BCUT2D eigenvalue weighted by Crippen LogP contribution is -2.39. The van der Waals surface area contributed by atoms with E-state index in [9.17, 15) is 4.79 Å². The van der Waals surface area contributed by atoms with Gasteiger partial charge < -0.3 is 9.88 Å². The summed E-state index contributed by atoms with van der Waals surface area (Å²) >= 11 is 3.52. The Balaban J connectivity index is 1.35. The molecule has 1 aliphatic rings. The van der Waals surface area contributed by atoms with E-state index in [1.165, 1.54) is 5.56 Å². The number of fused-ring (bicyclic) bond motifs is 1. The molecule has 134 valence electrons. The average Bonchev–Trinajstić information content (AvgIpc) is 3.05. The van der Waals surface area contributed by atoms with Gasteiger partial charge in [0.15, 0.2) is 0 Å². The maximum absolute atomic E-state index is 12.8. The summed E-state index contributed by atoms with van der Waals surface area (Å²) in [5.41, 5.74) is 3.57. The van der Waals surface area contributed by atoms with Gasteiger partial charge in [0.2, 0.25) is 5.91 Å². The zero-order valence-electron chi connectivity index (χ0n) is 14.7. The molecule has 26 heavy (non-hydrogen) atoms. The number of H-pyrrole nitrogens is 1. The number of amides is 1. The second kappa shape index (κ2) is 7.67. The number of nitrogens with one attached hydrogen (secondary N) is 1. The molecule has 0 bridgehead atoms. The summed E-state index contributed by atoms with van der Waals surface area (Å²) in [6, 6.07) is 16.8.